The Bertz CT molecular complexity index is 695. The van der Waals surface area contributed by atoms with Gasteiger partial charge in [0.2, 0.25) is 5.91 Å². The van der Waals surface area contributed by atoms with Crippen LogP contribution < -0.4 is 15.8 Å². The highest BCUT2D eigenvalue weighted by Crippen LogP contribution is 2.60. The van der Waals surface area contributed by atoms with E-state index in [0.717, 1.165) is 24.9 Å². The number of hydrazine groups is 1. The van der Waals surface area contributed by atoms with Gasteiger partial charge >= 0.3 is 0 Å². The number of hydrogen-bond donors (Lipinski definition) is 2. The lowest BCUT2D eigenvalue weighted by molar-refractivity contribution is -0.149. The second kappa shape index (κ2) is 7.41. The van der Waals surface area contributed by atoms with Gasteiger partial charge in [0.25, 0.3) is 5.91 Å². The standard InChI is InChI=1S/C23H33N3O2/c1-15(2)20(21(27)25-26(3)19-7-5-4-6-8-19)24-22(28)23-12-16-9-17(13-23)11-18(10-16)14-23/h4-8,15-18,20H,9-14H2,1-3H3,(H,24,28)(H,25,27)/t16?,17?,18?,20-,23?/m0/s1. The fourth-order valence-corrected chi connectivity index (χ4v) is 6.17. The van der Waals surface area contributed by atoms with Crippen molar-refractivity contribution in [3.8, 4) is 0 Å². The van der Waals surface area contributed by atoms with Crippen molar-refractivity contribution in [2.24, 2.45) is 29.1 Å². The van der Waals surface area contributed by atoms with Gasteiger partial charge in [-0.3, -0.25) is 20.0 Å². The Morgan fingerprint density at radius 2 is 1.54 bits per heavy atom. The van der Waals surface area contributed by atoms with Gasteiger partial charge in [0.15, 0.2) is 0 Å². The Morgan fingerprint density at radius 1 is 1.00 bits per heavy atom. The average Bonchev–Trinajstić information content (AvgIpc) is 2.65. The number of carbonyl (C=O) groups excluding carboxylic acids is 2. The molecule has 0 aromatic heterocycles. The molecule has 5 nitrogen and oxygen atoms in total. The normalized spacial score (nSPS) is 31.5. The highest BCUT2D eigenvalue weighted by molar-refractivity contribution is 5.91. The molecule has 2 N–H and O–H groups in total. The van der Waals surface area contributed by atoms with Crippen LogP contribution in [-0.4, -0.2) is 24.9 Å². The smallest absolute Gasteiger partial charge is 0.261 e. The maximum Gasteiger partial charge on any atom is 0.261 e. The third-order valence-electron chi connectivity index (χ3n) is 7.18. The monoisotopic (exact) mass is 383 g/mol. The van der Waals surface area contributed by atoms with Crippen molar-refractivity contribution in [1.29, 1.82) is 0 Å². The number of anilines is 1. The summed E-state index contributed by atoms with van der Waals surface area (Å²) in [4.78, 5) is 26.3. The Labute approximate surface area is 168 Å². The first-order valence-electron chi connectivity index (χ1n) is 10.8. The van der Waals surface area contributed by atoms with Gasteiger partial charge in [0.05, 0.1) is 5.69 Å². The van der Waals surface area contributed by atoms with E-state index in [4.69, 9.17) is 0 Å². The lowest BCUT2D eigenvalue weighted by Gasteiger charge is -2.55. The van der Waals surface area contributed by atoms with Gasteiger partial charge in [-0.05, 0) is 74.3 Å². The van der Waals surface area contributed by atoms with Crippen molar-refractivity contribution in [2.45, 2.75) is 58.4 Å². The molecule has 4 bridgehead atoms. The summed E-state index contributed by atoms with van der Waals surface area (Å²) >= 11 is 0. The highest BCUT2D eigenvalue weighted by atomic mass is 16.2. The maximum absolute atomic E-state index is 13.4. The second-order valence-electron chi connectivity index (χ2n) is 9.76. The molecule has 5 rings (SSSR count). The molecule has 0 aliphatic heterocycles. The van der Waals surface area contributed by atoms with Crippen LogP contribution in [0.25, 0.3) is 0 Å². The molecule has 4 saturated carbocycles. The third-order valence-corrected chi connectivity index (χ3v) is 7.18. The zero-order chi connectivity index (χ0) is 19.9. The van der Waals surface area contributed by atoms with Crippen LogP contribution in [0.15, 0.2) is 30.3 Å². The number of nitrogens with zero attached hydrogens (tertiary/aromatic N) is 1. The Hall–Kier alpha value is -2.04. The van der Waals surface area contributed by atoms with Gasteiger partial charge in [-0.2, -0.15) is 0 Å². The summed E-state index contributed by atoms with van der Waals surface area (Å²) < 4.78 is 0. The van der Waals surface area contributed by atoms with Gasteiger partial charge < -0.3 is 5.32 Å². The van der Waals surface area contributed by atoms with E-state index in [0.29, 0.717) is 17.8 Å². The largest absolute Gasteiger partial charge is 0.344 e. The molecular formula is C23H33N3O2. The van der Waals surface area contributed by atoms with Crippen LogP contribution >= 0.6 is 0 Å². The summed E-state index contributed by atoms with van der Waals surface area (Å²) in [7, 11) is 1.82. The Balaban J connectivity index is 1.43. The van der Waals surface area contributed by atoms with Crippen molar-refractivity contribution in [3.63, 3.8) is 0 Å². The van der Waals surface area contributed by atoms with E-state index in [1.54, 1.807) is 5.01 Å². The average molecular weight is 384 g/mol. The minimum Gasteiger partial charge on any atom is -0.344 e. The number of para-hydroxylation sites is 1. The molecule has 152 valence electrons. The molecule has 1 atom stereocenters. The minimum atomic E-state index is -0.522. The fourth-order valence-electron chi connectivity index (χ4n) is 6.17. The van der Waals surface area contributed by atoms with Gasteiger partial charge in [0.1, 0.15) is 6.04 Å². The van der Waals surface area contributed by atoms with E-state index in [1.807, 2.05) is 51.2 Å². The fraction of sp³-hybridized carbons (Fsp3) is 0.652. The molecule has 28 heavy (non-hydrogen) atoms. The first-order chi connectivity index (χ1) is 13.4. The quantitative estimate of drug-likeness (QED) is 0.739. The van der Waals surface area contributed by atoms with E-state index in [1.165, 1.54) is 19.3 Å². The zero-order valence-corrected chi connectivity index (χ0v) is 17.3. The number of amides is 2. The number of benzene rings is 1. The molecule has 0 spiro atoms. The molecule has 2 amide bonds. The molecule has 1 aromatic carbocycles. The van der Waals surface area contributed by atoms with Gasteiger partial charge in [-0.1, -0.05) is 32.0 Å². The molecule has 1 aromatic rings. The second-order valence-corrected chi connectivity index (χ2v) is 9.76. The highest BCUT2D eigenvalue weighted by Gasteiger charge is 2.55. The third kappa shape index (κ3) is 3.63. The van der Waals surface area contributed by atoms with Crippen LogP contribution in [-0.2, 0) is 9.59 Å². The topological polar surface area (TPSA) is 61.4 Å². The summed E-state index contributed by atoms with van der Waals surface area (Å²) in [6, 6.07) is 9.19. The lowest BCUT2D eigenvalue weighted by atomic mass is 9.49. The summed E-state index contributed by atoms with van der Waals surface area (Å²) in [6.45, 7) is 3.99. The molecule has 4 aliphatic rings. The molecule has 5 heteroatoms. The first-order valence-corrected chi connectivity index (χ1v) is 10.8. The maximum atomic E-state index is 13.4. The molecule has 0 radical (unpaired) electrons. The van der Waals surface area contributed by atoms with Gasteiger partial charge in [-0.15, -0.1) is 0 Å². The summed E-state index contributed by atoms with van der Waals surface area (Å²) in [5, 5.41) is 4.87. The predicted octanol–water partition coefficient (Wildman–Crippen LogP) is 3.51. The van der Waals surface area contributed by atoms with E-state index in [2.05, 4.69) is 10.7 Å². The van der Waals surface area contributed by atoms with E-state index in [-0.39, 0.29) is 23.1 Å². The van der Waals surface area contributed by atoms with Crippen molar-refractivity contribution in [2.75, 3.05) is 12.1 Å². The summed E-state index contributed by atoms with van der Waals surface area (Å²) in [5.41, 5.74) is 3.62. The molecule has 4 aliphatic carbocycles. The zero-order valence-electron chi connectivity index (χ0n) is 17.3. The number of rotatable bonds is 6. The minimum absolute atomic E-state index is 0.0297. The van der Waals surface area contributed by atoms with Crippen molar-refractivity contribution >= 4 is 17.5 Å². The van der Waals surface area contributed by atoms with Gasteiger partial charge in [-0.25, -0.2) is 0 Å². The Morgan fingerprint density at radius 3 is 2.04 bits per heavy atom. The van der Waals surface area contributed by atoms with Crippen molar-refractivity contribution in [1.82, 2.24) is 10.7 Å². The van der Waals surface area contributed by atoms with Gasteiger partial charge in [0, 0.05) is 12.5 Å². The van der Waals surface area contributed by atoms with Crippen LogP contribution in [0.3, 0.4) is 0 Å². The summed E-state index contributed by atoms with van der Waals surface area (Å²) in [6.07, 6.45) is 6.97. The van der Waals surface area contributed by atoms with Crippen LogP contribution in [0.4, 0.5) is 5.69 Å². The number of nitrogens with one attached hydrogen (secondary N) is 2. The first kappa shape index (κ1) is 19.3. The van der Waals surface area contributed by atoms with E-state index in [9.17, 15) is 9.59 Å². The predicted molar refractivity (Wildman–Crippen MR) is 110 cm³/mol. The molecule has 0 unspecified atom stereocenters. The van der Waals surface area contributed by atoms with Crippen LogP contribution in [0.2, 0.25) is 0 Å². The number of carbonyl (C=O) groups is 2. The van der Waals surface area contributed by atoms with Crippen molar-refractivity contribution in [3.05, 3.63) is 30.3 Å². The molecule has 0 heterocycles. The van der Waals surface area contributed by atoms with Crippen LogP contribution in [0.1, 0.15) is 52.4 Å². The SMILES string of the molecule is CC(C)[C@H](NC(=O)C12CC3CC(CC(C3)C1)C2)C(=O)NN(C)c1ccccc1. The summed E-state index contributed by atoms with van der Waals surface area (Å²) in [5.74, 6) is 2.14. The van der Waals surface area contributed by atoms with Crippen molar-refractivity contribution < 1.29 is 9.59 Å². The molecule has 0 saturated heterocycles. The van der Waals surface area contributed by atoms with Crippen LogP contribution in [0, 0.1) is 29.1 Å². The molecular weight excluding hydrogens is 350 g/mol. The molecule has 4 fully saturated rings. The Kier molecular flexibility index (Phi) is 5.11. The van der Waals surface area contributed by atoms with E-state index >= 15 is 0 Å². The van der Waals surface area contributed by atoms with E-state index < -0.39 is 6.04 Å². The lowest BCUT2D eigenvalue weighted by Crippen LogP contribution is -2.59. The number of hydrogen-bond acceptors (Lipinski definition) is 3. The van der Waals surface area contributed by atoms with Crippen LogP contribution in [0.5, 0.6) is 0 Å².